The summed E-state index contributed by atoms with van der Waals surface area (Å²) in [5, 5.41) is 3.30. The smallest absolute Gasteiger partial charge is 0.261 e. The van der Waals surface area contributed by atoms with Gasteiger partial charge in [-0.1, -0.05) is 43.3 Å². The van der Waals surface area contributed by atoms with E-state index in [2.05, 4.69) is 60.3 Å². The molecule has 0 aliphatic carbocycles. The average molecular weight is 372 g/mol. The van der Waals surface area contributed by atoms with Crippen molar-refractivity contribution in [2.75, 3.05) is 10.2 Å². The number of aryl methyl sites for hydroxylation is 2. The van der Waals surface area contributed by atoms with Crippen LogP contribution in [-0.2, 0) is 12.8 Å². The summed E-state index contributed by atoms with van der Waals surface area (Å²) in [6, 6.07) is 14.4. The number of fused-ring (bicyclic) bond motifs is 1. The molecule has 1 aliphatic heterocycles. The van der Waals surface area contributed by atoms with E-state index < -0.39 is 0 Å². The predicted molar refractivity (Wildman–Crippen MR) is 112 cm³/mol. The summed E-state index contributed by atoms with van der Waals surface area (Å²) in [6.07, 6.45) is 5.01. The van der Waals surface area contributed by atoms with Gasteiger partial charge in [-0.25, -0.2) is 9.97 Å². The molecule has 2 aromatic carbocycles. The standard InChI is InChI=1S/C23H24N4O/c1-4-17-10-7-8-15(2)21(17)26-23-24-13-19(14-25-23)22(28)27-16(3)12-18-9-5-6-11-20(18)27/h5-11,13-14,16H,4,12H2,1-3H3,(H,24,25,26). The quantitative estimate of drug-likeness (QED) is 0.722. The van der Waals surface area contributed by atoms with Crippen LogP contribution in [0.1, 0.15) is 40.9 Å². The first-order valence-corrected chi connectivity index (χ1v) is 9.67. The Balaban J connectivity index is 1.57. The SMILES string of the molecule is CCc1cccc(C)c1Nc1ncc(C(=O)N2c3ccccc3CC2C)cn1. The lowest BCUT2D eigenvalue weighted by molar-refractivity contribution is 0.0981. The van der Waals surface area contributed by atoms with Gasteiger partial charge in [0.2, 0.25) is 5.95 Å². The molecule has 1 atom stereocenters. The van der Waals surface area contributed by atoms with Crippen LogP contribution in [0.4, 0.5) is 17.3 Å². The van der Waals surface area contributed by atoms with Crippen molar-refractivity contribution in [3.05, 3.63) is 77.1 Å². The van der Waals surface area contributed by atoms with Crippen LogP contribution in [0, 0.1) is 6.92 Å². The molecule has 1 N–H and O–H groups in total. The Morgan fingerprint density at radius 2 is 1.89 bits per heavy atom. The maximum absolute atomic E-state index is 13.1. The fourth-order valence-corrected chi connectivity index (χ4v) is 3.83. The van der Waals surface area contributed by atoms with Gasteiger partial charge in [0.05, 0.1) is 5.56 Å². The number of para-hydroxylation sites is 2. The molecule has 0 spiro atoms. The lowest BCUT2D eigenvalue weighted by Gasteiger charge is -2.22. The summed E-state index contributed by atoms with van der Waals surface area (Å²) in [4.78, 5) is 23.7. The van der Waals surface area contributed by atoms with Gasteiger partial charge in [0.25, 0.3) is 5.91 Å². The van der Waals surface area contributed by atoms with Gasteiger partial charge in [0.15, 0.2) is 0 Å². The Kier molecular flexibility index (Phi) is 4.82. The van der Waals surface area contributed by atoms with Crippen molar-refractivity contribution in [1.82, 2.24) is 9.97 Å². The molecule has 3 aromatic rings. The lowest BCUT2D eigenvalue weighted by Crippen LogP contribution is -2.35. The summed E-state index contributed by atoms with van der Waals surface area (Å²) in [6.45, 7) is 6.25. The molecule has 1 unspecified atom stereocenters. The summed E-state index contributed by atoms with van der Waals surface area (Å²) in [5.41, 5.74) is 6.07. The number of hydrogen-bond donors (Lipinski definition) is 1. The first-order chi connectivity index (χ1) is 13.6. The van der Waals surface area contributed by atoms with Gasteiger partial charge < -0.3 is 10.2 Å². The van der Waals surface area contributed by atoms with E-state index in [0.717, 1.165) is 29.8 Å². The second-order valence-electron chi connectivity index (χ2n) is 7.24. The number of nitrogens with zero attached hydrogens (tertiary/aromatic N) is 3. The number of anilines is 3. The van der Waals surface area contributed by atoms with E-state index in [1.54, 1.807) is 12.4 Å². The van der Waals surface area contributed by atoms with Crippen LogP contribution < -0.4 is 10.2 Å². The Morgan fingerprint density at radius 1 is 1.14 bits per heavy atom. The number of hydrogen-bond acceptors (Lipinski definition) is 4. The van der Waals surface area contributed by atoms with Crippen LogP contribution in [0.3, 0.4) is 0 Å². The fourth-order valence-electron chi connectivity index (χ4n) is 3.83. The molecule has 1 aromatic heterocycles. The van der Waals surface area contributed by atoms with Crippen LogP contribution in [0.2, 0.25) is 0 Å². The highest BCUT2D eigenvalue weighted by Gasteiger charge is 2.31. The molecule has 0 saturated carbocycles. The summed E-state index contributed by atoms with van der Waals surface area (Å²) < 4.78 is 0. The fraction of sp³-hybridized carbons (Fsp3) is 0.261. The molecular weight excluding hydrogens is 348 g/mol. The third kappa shape index (κ3) is 3.24. The minimum absolute atomic E-state index is 0.0610. The summed E-state index contributed by atoms with van der Waals surface area (Å²) >= 11 is 0. The van der Waals surface area contributed by atoms with Crippen LogP contribution in [0.5, 0.6) is 0 Å². The van der Waals surface area contributed by atoms with Crippen LogP contribution in [0.15, 0.2) is 54.9 Å². The first kappa shape index (κ1) is 18.2. The minimum Gasteiger partial charge on any atom is -0.324 e. The maximum Gasteiger partial charge on any atom is 0.261 e. The molecule has 0 fully saturated rings. The molecular formula is C23H24N4O. The Morgan fingerprint density at radius 3 is 2.64 bits per heavy atom. The molecule has 1 amide bonds. The molecule has 5 heteroatoms. The summed E-state index contributed by atoms with van der Waals surface area (Å²) in [7, 11) is 0. The Hall–Kier alpha value is -3.21. The number of carbonyl (C=O) groups excluding carboxylic acids is 1. The molecule has 28 heavy (non-hydrogen) atoms. The van der Waals surface area contributed by atoms with Crippen LogP contribution in [0.25, 0.3) is 0 Å². The molecule has 0 saturated heterocycles. The van der Waals surface area contributed by atoms with E-state index in [4.69, 9.17) is 0 Å². The molecule has 0 radical (unpaired) electrons. The van der Waals surface area contributed by atoms with Gasteiger partial charge >= 0.3 is 0 Å². The molecule has 4 rings (SSSR count). The first-order valence-electron chi connectivity index (χ1n) is 9.67. The van der Waals surface area contributed by atoms with Crippen LogP contribution >= 0.6 is 0 Å². The normalized spacial score (nSPS) is 15.4. The van der Waals surface area contributed by atoms with Crippen molar-refractivity contribution < 1.29 is 4.79 Å². The predicted octanol–water partition coefficient (Wildman–Crippen LogP) is 4.68. The van der Waals surface area contributed by atoms with E-state index >= 15 is 0 Å². The van der Waals surface area contributed by atoms with Gasteiger partial charge in [-0.05, 0) is 49.4 Å². The second kappa shape index (κ2) is 7.43. The van der Waals surface area contributed by atoms with E-state index in [-0.39, 0.29) is 11.9 Å². The zero-order chi connectivity index (χ0) is 19.7. The zero-order valence-electron chi connectivity index (χ0n) is 16.4. The number of aromatic nitrogens is 2. The van der Waals surface area contributed by atoms with Gasteiger partial charge in [-0.15, -0.1) is 0 Å². The van der Waals surface area contributed by atoms with Crippen molar-refractivity contribution in [3.63, 3.8) is 0 Å². The summed E-state index contributed by atoms with van der Waals surface area (Å²) in [5.74, 6) is 0.435. The molecule has 142 valence electrons. The molecule has 5 nitrogen and oxygen atoms in total. The minimum atomic E-state index is -0.0610. The van der Waals surface area contributed by atoms with Crippen molar-refractivity contribution in [2.45, 2.75) is 39.7 Å². The topological polar surface area (TPSA) is 58.1 Å². The van der Waals surface area contributed by atoms with Gasteiger partial charge in [-0.2, -0.15) is 0 Å². The number of nitrogens with one attached hydrogen (secondary N) is 1. The van der Waals surface area contributed by atoms with E-state index in [1.165, 1.54) is 11.1 Å². The van der Waals surface area contributed by atoms with Gasteiger partial charge in [-0.3, -0.25) is 4.79 Å². The highest BCUT2D eigenvalue weighted by molar-refractivity contribution is 6.07. The number of benzene rings is 2. The number of rotatable bonds is 4. The number of carbonyl (C=O) groups is 1. The largest absolute Gasteiger partial charge is 0.324 e. The monoisotopic (exact) mass is 372 g/mol. The average Bonchev–Trinajstić information content (AvgIpc) is 3.05. The molecule has 1 aliphatic rings. The third-order valence-electron chi connectivity index (χ3n) is 5.30. The Labute approximate surface area is 165 Å². The second-order valence-corrected chi connectivity index (χ2v) is 7.24. The Bertz CT molecular complexity index is 1010. The van der Waals surface area contributed by atoms with Gasteiger partial charge in [0, 0.05) is 29.8 Å². The molecule has 0 bridgehead atoms. The van der Waals surface area contributed by atoms with Crippen molar-refractivity contribution >= 4 is 23.2 Å². The van der Waals surface area contributed by atoms with E-state index in [9.17, 15) is 4.79 Å². The third-order valence-corrected chi connectivity index (χ3v) is 5.30. The number of amides is 1. The van der Waals surface area contributed by atoms with Gasteiger partial charge in [0.1, 0.15) is 0 Å². The lowest BCUT2D eigenvalue weighted by atomic mass is 10.1. The zero-order valence-corrected chi connectivity index (χ0v) is 16.4. The van der Waals surface area contributed by atoms with Crippen molar-refractivity contribution in [3.8, 4) is 0 Å². The highest BCUT2D eigenvalue weighted by Crippen LogP contribution is 2.33. The maximum atomic E-state index is 13.1. The molecule has 2 heterocycles. The van der Waals surface area contributed by atoms with Crippen LogP contribution in [-0.4, -0.2) is 21.9 Å². The van der Waals surface area contributed by atoms with Crippen molar-refractivity contribution in [2.24, 2.45) is 0 Å². The van der Waals surface area contributed by atoms with E-state index in [0.29, 0.717) is 11.5 Å². The highest BCUT2D eigenvalue weighted by atomic mass is 16.2. The van der Waals surface area contributed by atoms with Crippen molar-refractivity contribution in [1.29, 1.82) is 0 Å². The van der Waals surface area contributed by atoms with E-state index in [1.807, 2.05) is 23.1 Å².